The van der Waals surface area contributed by atoms with E-state index in [-0.39, 0.29) is 12.1 Å². The molecule has 0 heterocycles. The first-order valence-electron chi connectivity index (χ1n) is 6.83. The molecule has 0 aromatic heterocycles. The number of halogens is 1. The van der Waals surface area contributed by atoms with Gasteiger partial charge in [-0.25, -0.2) is 0 Å². The Labute approximate surface area is 131 Å². The van der Waals surface area contributed by atoms with E-state index < -0.39 is 0 Å². The minimum absolute atomic E-state index is 0.0255. The second-order valence-electron chi connectivity index (χ2n) is 4.93. The molecular weight excluding hydrogens is 292 g/mol. The molecule has 0 spiro atoms. The lowest BCUT2D eigenvalue weighted by molar-refractivity contribution is 0.0910. The fraction of sp³-hybridized carbons (Fsp3) is 0.600. The highest BCUT2D eigenvalue weighted by Crippen LogP contribution is 2.40. The average molecular weight is 317 g/mol. The molecular formula is C15H25ClN2O3. The van der Waals surface area contributed by atoms with Crippen LogP contribution in [0, 0.1) is 0 Å². The van der Waals surface area contributed by atoms with Crippen molar-refractivity contribution in [1.29, 1.82) is 0 Å². The molecule has 0 aliphatic heterocycles. The van der Waals surface area contributed by atoms with Crippen LogP contribution in [0.5, 0.6) is 11.5 Å². The number of rotatable bonds is 8. The molecule has 0 fully saturated rings. The SMILES string of the molecule is COCC(C)N(C)C(CN)c1ccc(OC)c(OC)c1Cl. The van der Waals surface area contributed by atoms with Crippen molar-refractivity contribution in [3.8, 4) is 11.5 Å². The van der Waals surface area contributed by atoms with E-state index >= 15 is 0 Å². The van der Waals surface area contributed by atoms with Crippen molar-refractivity contribution in [1.82, 2.24) is 4.90 Å². The third kappa shape index (κ3) is 4.01. The fourth-order valence-corrected chi connectivity index (χ4v) is 2.70. The molecule has 21 heavy (non-hydrogen) atoms. The Morgan fingerprint density at radius 2 is 1.90 bits per heavy atom. The van der Waals surface area contributed by atoms with E-state index in [0.29, 0.717) is 29.7 Å². The van der Waals surface area contributed by atoms with Gasteiger partial charge in [0.05, 0.1) is 25.8 Å². The Kier molecular flexibility index (Phi) is 7.25. The highest BCUT2D eigenvalue weighted by molar-refractivity contribution is 6.33. The molecule has 1 aromatic rings. The van der Waals surface area contributed by atoms with Crippen LogP contribution in [0.25, 0.3) is 0 Å². The summed E-state index contributed by atoms with van der Waals surface area (Å²) in [7, 11) is 6.85. The molecule has 0 aliphatic carbocycles. The first-order valence-corrected chi connectivity index (χ1v) is 7.20. The number of nitrogens with zero attached hydrogens (tertiary/aromatic N) is 1. The summed E-state index contributed by atoms with van der Waals surface area (Å²) < 4.78 is 15.8. The molecule has 0 radical (unpaired) electrons. The summed E-state index contributed by atoms with van der Waals surface area (Å²) in [5.74, 6) is 1.14. The maximum Gasteiger partial charge on any atom is 0.179 e. The monoisotopic (exact) mass is 316 g/mol. The van der Waals surface area contributed by atoms with E-state index in [0.717, 1.165) is 5.56 Å². The van der Waals surface area contributed by atoms with E-state index in [1.807, 2.05) is 19.2 Å². The van der Waals surface area contributed by atoms with Crippen LogP contribution in [-0.2, 0) is 4.74 Å². The van der Waals surface area contributed by atoms with Gasteiger partial charge in [0.25, 0.3) is 0 Å². The minimum Gasteiger partial charge on any atom is -0.493 e. The van der Waals surface area contributed by atoms with Crippen molar-refractivity contribution in [3.63, 3.8) is 0 Å². The number of likely N-dealkylation sites (N-methyl/N-ethyl adjacent to an activating group) is 1. The molecule has 1 aromatic carbocycles. The minimum atomic E-state index is -0.0255. The van der Waals surface area contributed by atoms with E-state index in [1.54, 1.807) is 21.3 Å². The number of methoxy groups -OCH3 is 3. The summed E-state index contributed by atoms with van der Waals surface area (Å²) in [6.45, 7) is 3.15. The summed E-state index contributed by atoms with van der Waals surface area (Å²) in [6, 6.07) is 3.96. The van der Waals surface area contributed by atoms with Gasteiger partial charge in [-0.15, -0.1) is 0 Å². The van der Waals surface area contributed by atoms with Gasteiger partial charge >= 0.3 is 0 Å². The molecule has 6 heteroatoms. The normalized spacial score (nSPS) is 14.1. The molecule has 0 amide bonds. The predicted octanol–water partition coefficient (Wildman–Crippen LogP) is 2.32. The Morgan fingerprint density at radius 3 is 2.38 bits per heavy atom. The summed E-state index contributed by atoms with van der Waals surface area (Å²) in [5.41, 5.74) is 6.88. The average Bonchev–Trinajstić information content (AvgIpc) is 2.49. The van der Waals surface area contributed by atoms with Crippen molar-refractivity contribution in [2.45, 2.75) is 19.0 Å². The summed E-state index contributed by atoms with van der Waals surface area (Å²) in [5, 5.41) is 0.531. The van der Waals surface area contributed by atoms with Crippen LogP contribution in [0.15, 0.2) is 12.1 Å². The zero-order valence-corrected chi connectivity index (χ0v) is 14.1. The Bertz CT molecular complexity index is 457. The summed E-state index contributed by atoms with van der Waals surface area (Å²) >= 11 is 6.47. The highest BCUT2D eigenvalue weighted by Gasteiger charge is 2.25. The van der Waals surface area contributed by atoms with Crippen molar-refractivity contribution >= 4 is 11.6 Å². The largest absolute Gasteiger partial charge is 0.493 e. The van der Waals surface area contributed by atoms with Crippen LogP contribution >= 0.6 is 11.6 Å². The maximum atomic E-state index is 6.47. The van der Waals surface area contributed by atoms with Gasteiger partial charge in [0.1, 0.15) is 0 Å². The third-order valence-corrected chi connectivity index (χ3v) is 4.08. The fourth-order valence-electron chi connectivity index (χ4n) is 2.34. The quantitative estimate of drug-likeness (QED) is 0.797. The first-order chi connectivity index (χ1) is 10.0. The van der Waals surface area contributed by atoms with Gasteiger partial charge in [-0.2, -0.15) is 0 Å². The molecule has 2 N–H and O–H groups in total. The van der Waals surface area contributed by atoms with Gasteiger partial charge in [-0.3, -0.25) is 4.90 Å². The lowest BCUT2D eigenvalue weighted by Crippen LogP contribution is -2.39. The van der Waals surface area contributed by atoms with Crippen molar-refractivity contribution in [3.05, 3.63) is 22.7 Å². The van der Waals surface area contributed by atoms with Gasteiger partial charge in [-0.05, 0) is 25.6 Å². The smallest absolute Gasteiger partial charge is 0.179 e. The Hall–Kier alpha value is -1.01. The van der Waals surface area contributed by atoms with E-state index in [1.165, 1.54) is 0 Å². The van der Waals surface area contributed by atoms with Gasteiger partial charge in [0.15, 0.2) is 11.5 Å². The number of hydrogen-bond donors (Lipinski definition) is 1. The van der Waals surface area contributed by atoms with E-state index in [4.69, 9.17) is 31.5 Å². The van der Waals surface area contributed by atoms with Crippen LogP contribution in [0.3, 0.4) is 0 Å². The number of nitrogens with two attached hydrogens (primary N) is 1. The molecule has 2 unspecified atom stereocenters. The second-order valence-corrected chi connectivity index (χ2v) is 5.30. The molecule has 1 rings (SSSR count). The lowest BCUT2D eigenvalue weighted by atomic mass is 10.0. The Morgan fingerprint density at radius 1 is 1.24 bits per heavy atom. The van der Waals surface area contributed by atoms with Gasteiger partial charge < -0.3 is 19.9 Å². The van der Waals surface area contributed by atoms with Crippen LogP contribution < -0.4 is 15.2 Å². The molecule has 0 saturated carbocycles. The predicted molar refractivity (Wildman–Crippen MR) is 85.5 cm³/mol. The third-order valence-electron chi connectivity index (χ3n) is 3.69. The van der Waals surface area contributed by atoms with Crippen molar-refractivity contribution < 1.29 is 14.2 Å². The van der Waals surface area contributed by atoms with Crippen molar-refractivity contribution in [2.75, 3.05) is 41.5 Å². The highest BCUT2D eigenvalue weighted by atomic mass is 35.5. The van der Waals surface area contributed by atoms with Crippen molar-refractivity contribution in [2.24, 2.45) is 5.73 Å². The standard InChI is InChI=1S/C15H25ClN2O3/c1-10(9-19-3)18(2)12(8-17)11-6-7-13(20-4)15(21-5)14(11)16/h6-7,10,12H,8-9,17H2,1-5H3. The molecule has 0 saturated heterocycles. The molecule has 0 aliphatic rings. The van der Waals surface area contributed by atoms with Gasteiger partial charge in [0.2, 0.25) is 0 Å². The molecule has 2 atom stereocenters. The molecule has 120 valence electrons. The van der Waals surface area contributed by atoms with E-state index in [2.05, 4.69) is 11.8 Å². The first kappa shape index (κ1) is 18.0. The maximum absolute atomic E-state index is 6.47. The van der Waals surface area contributed by atoms with Crippen LogP contribution in [0.2, 0.25) is 5.02 Å². The van der Waals surface area contributed by atoms with E-state index in [9.17, 15) is 0 Å². The zero-order valence-electron chi connectivity index (χ0n) is 13.4. The molecule has 5 nitrogen and oxygen atoms in total. The summed E-state index contributed by atoms with van der Waals surface area (Å²) in [6.07, 6.45) is 0. The number of benzene rings is 1. The van der Waals surface area contributed by atoms with Crippen LogP contribution in [0.1, 0.15) is 18.5 Å². The van der Waals surface area contributed by atoms with Gasteiger partial charge in [0, 0.05) is 25.7 Å². The van der Waals surface area contributed by atoms with Crippen LogP contribution in [-0.4, -0.2) is 52.5 Å². The van der Waals surface area contributed by atoms with Crippen LogP contribution in [0.4, 0.5) is 0 Å². The number of ether oxygens (including phenoxy) is 3. The summed E-state index contributed by atoms with van der Waals surface area (Å²) in [4.78, 5) is 2.15. The number of hydrogen-bond acceptors (Lipinski definition) is 5. The zero-order chi connectivity index (χ0) is 16.0. The second kappa shape index (κ2) is 8.44. The topological polar surface area (TPSA) is 57.0 Å². The molecule has 0 bridgehead atoms. The Balaban J connectivity index is 3.17. The van der Waals surface area contributed by atoms with Gasteiger partial charge in [-0.1, -0.05) is 17.7 Å². The lowest BCUT2D eigenvalue weighted by Gasteiger charge is -2.33.